The van der Waals surface area contributed by atoms with Crippen molar-refractivity contribution in [2.45, 2.75) is 26.2 Å². The lowest BCUT2D eigenvalue weighted by Gasteiger charge is -2.26. The van der Waals surface area contributed by atoms with E-state index in [0.29, 0.717) is 0 Å². The Morgan fingerprint density at radius 1 is 0.281 bits per heavy atom. The zero-order valence-corrected chi connectivity index (χ0v) is 49.4. The van der Waals surface area contributed by atoms with Gasteiger partial charge in [-0.2, -0.15) is 0 Å². The van der Waals surface area contributed by atoms with Crippen LogP contribution in [0.15, 0.2) is 300 Å². The first-order valence-corrected chi connectivity index (χ1v) is 30.7. The SMILES string of the molecule is CC(C)(C)c1ccc(-c2cc3c4cc5ccc(N(c6ccc(-c7ccccc7)cc6)c6cccc7c6oc6ccccc67)cc5cc4n4c5cc6cc(N(c7ccc(-c8ccccc8)cc7)c7cccc8c7oc7ccccc78)ccc6cc5c(c2)c34)cc1. The fraction of sp³-hybridized carbons (Fsp3) is 0.0476. The molecule has 0 aliphatic rings. The van der Waals surface area contributed by atoms with Gasteiger partial charge in [-0.05, 0) is 175 Å². The zero-order chi connectivity index (χ0) is 59.1. The van der Waals surface area contributed by atoms with Crippen molar-refractivity contribution in [2.75, 3.05) is 9.80 Å². The maximum atomic E-state index is 6.80. The molecule has 0 saturated carbocycles. The number of anilines is 6. The summed E-state index contributed by atoms with van der Waals surface area (Å²) >= 11 is 0. The quantitative estimate of drug-likeness (QED) is 0.144. The maximum Gasteiger partial charge on any atom is 0.159 e. The summed E-state index contributed by atoms with van der Waals surface area (Å²) in [5, 5.41) is 13.9. The van der Waals surface area contributed by atoms with E-state index in [-0.39, 0.29) is 5.41 Å². The van der Waals surface area contributed by atoms with Gasteiger partial charge in [0.15, 0.2) is 11.2 Å². The lowest BCUT2D eigenvalue weighted by molar-refractivity contribution is 0.590. The highest BCUT2D eigenvalue weighted by molar-refractivity contribution is 6.27. The second-order valence-corrected chi connectivity index (χ2v) is 24.9. The zero-order valence-electron chi connectivity index (χ0n) is 49.4. The lowest BCUT2D eigenvalue weighted by atomic mass is 9.86. The van der Waals surface area contributed by atoms with E-state index < -0.39 is 0 Å². The van der Waals surface area contributed by atoms with Crippen LogP contribution in [0.1, 0.15) is 26.3 Å². The molecule has 5 heteroatoms. The first-order valence-electron chi connectivity index (χ1n) is 30.7. The van der Waals surface area contributed by atoms with E-state index in [1.807, 2.05) is 12.1 Å². The van der Waals surface area contributed by atoms with Crippen LogP contribution in [0.4, 0.5) is 34.1 Å². The molecule has 89 heavy (non-hydrogen) atoms. The summed E-state index contributed by atoms with van der Waals surface area (Å²) < 4.78 is 16.2. The number of para-hydroxylation sites is 4. The highest BCUT2D eigenvalue weighted by Crippen LogP contribution is 2.49. The third-order valence-electron chi connectivity index (χ3n) is 18.6. The molecule has 0 saturated heterocycles. The molecule has 0 aliphatic carbocycles. The molecule has 18 aromatic rings. The molecule has 0 aliphatic heterocycles. The van der Waals surface area contributed by atoms with Gasteiger partial charge in [0.2, 0.25) is 0 Å². The Balaban J connectivity index is 0.852. The van der Waals surface area contributed by atoms with Gasteiger partial charge in [-0.3, -0.25) is 0 Å². The number of benzene rings is 14. The molecule has 0 N–H and O–H groups in total. The third-order valence-corrected chi connectivity index (χ3v) is 18.6. The molecule has 4 heterocycles. The van der Waals surface area contributed by atoms with Gasteiger partial charge in [-0.1, -0.05) is 203 Å². The van der Waals surface area contributed by atoms with Crippen molar-refractivity contribution in [1.82, 2.24) is 4.40 Å². The topological polar surface area (TPSA) is 37.2 Å². The second-order valence-electron chi connectivity index (χ2n) is 24.9. The molecule has 0 bridgehead atoms. The Hall–Kier alpha value is -11.4. The van der Waals surface area contributed by atoms with Crippen LogP contribution >= 0.6 is 0 Å². The van der Waals surface area contributed by atoms with E-state index in [2.05, 4.69) is 314 Å². The van der Waals surface area contributed by atoms with E-state index >= 15 is 0 Å². The largest absolute Gasteiger partial charge is 0.454 e. The Morgan fingerprint density at radius 3 is 1.13 bits per heavy atom. The van der Waals surface area contributed by atoms with Crippen LogP contribution in [0.5, 0.6) is 0 Å². The van der Waals surface area contributed by atoms with Crippen molar-refractivity contribution in [3.8, 4) is 33.4 Å². The molecule has 420 valence electrons. The summed E-state index contributed by atoms with van der Waals surface area (Å²) in [7, 11) is 0. The summed E-state index contributed by atoms with van der Waals surface area (Å²) in [5.41, 5.74) is 21.5. The van der Waals surface area contributed by atoms with Crippen LogP contribution in [0.3, 0.4) is 0 Å². The minimum atomic E-state index is 0.0420. The van der Waals surface area contributed by atoms with E-state index in [4.69, 9.17) is 8.83 Å². The van der Waals surface area contributed by atoms with Crippen LogP contribution in [-0.4, -0.2) is 4.40 Å². The summed E-state index contributed by atoms with van der Waals surface area (Å²) in [5.74, 6) is 0. The number of furan rings is 2. The molecule has 0 radical (unpaired) electrons. The molecular weight excluding hydrogens is 1080 g/mol. The Morgan fingerprint density at radius 2 is 0.674 bits per heavy atom. The first kappa shape index (κ1) is 50.9. The predicted octanol–water partition coefficient (Wildman–Crippen LogP) is 24.2. The van der Waals surface area contributed by atoms with E-state index in [0.717, 1.165) is 111 Å². The van der Waals surface area contributed by atoms with E-state index in [9.17, 15) is 0 Å². The third kappa shape index (κ3) is 8.16. The van der Waals surface area contributed by atoms with Gasteiger partial charge < -0.3 is 23.0 Å². The summed E-state index contributed by atoms with van der Waals surface area (Å²) in [6.07, 6.45) is 0. The number of nitrogens with zero attached hydrogens (tertiary/aromatic N) is 3. The van der Waals surface area contributed by atoms with Crippen molar-refractivity contribution in [1.29, 1.82) is 0 Å². The number of fused-ring (bicyclic) bond motifs is 14. The summed E-state index contributed by atoms with van der Waals surface area (Å²) in [6.45, 7) is 6.85. The van der Waals surface area contributed by atoms with E-state index in [1.54, 1.807) is 0 Å². The highest BCUT2D eigenvalue weighted by Gasteiger charge is 2.25. The Bertz CT molecular complexity index is 5480. The molecule has 0 fully saturated rings. The van der Waals surface area contributed by atoms with Gasteiger partial charge in [0.05, 0.1) is 27.9 Å². The number of rotatable bonds is 9. The van der Waals surface area contributed by atoms with Crippen LogP contribution in [0.2, 0.25) is 0 Å². The lowest BCUT2D eigenvalue weighted by Crippen LogP contribution is -2.10. The van der Waals surface area contributed by atoms with Crippen LogP contribution in [-0.2, 0) is 5.41 Å². The van der Waals surface area contributed by atoms with Crippen LogP contribution in [0.25, 0.3) is 137 Å². The summed E-state index contributed by atoms with van der Waals surface area (Å²) in [4.78, 5) is 4.72. The average Bonchev–Trinajstić information content (AvgIpc) is 1.57. The van der Waals surface area contributed by atoms with Gasteiger partial charge in [-0.15, -0.1) is 0 Å². The monoisotopic (exact) mass is 1140 g/mol. The molecule has 0 spiro atoms. The average molecular weight is 1140 g/mol. The van der Waals surface area contributed by atoms with Gasteiger partial charge >= 0.3 is 0 Å². The van der Waals surface area contributed by atoms with Crippen LogP contribution in [0, 0.1) is 0 Å². The van der Waals surface area contributed by atoms with Crippen molar-refractivity contribution in [2.24, 2.45) is 0 Å². The normalized spacial score (nSPS) is 12.2. The second kappa shape index (κ2) is 19.6. The van der Waals surface area contributed by atoms with Crippen molar-refractivity contribution < 1.29 is 8.83 Å². The number of hydrogen-bond acceptors (Lipinski definition) is 4. The van der Waals surface area contributed by atoms with Crippen molar-refractivity contribution in [3.63, 3.8) is 0 Å². The van der Waals surface area contributed by atoms with Crippen molar-refractivity contribution in [3.05, 3.63) is 297 Å². The molecule has 18 rings (SSSR count). The maximum absolute atomic E-state index is 6.80. The molecule has 0 amide bonds. The van der Waals surface area contributed by atoms with Gasteiger partial charge in [0.1, 0.15) is 11.2 Å². The van der Waals surface area contributed by atoms with Crippen molar-refractivity contribution >= 4 is 138 Å². The number of aromatic nitrogens is 1. The van der Waals surface area contributed by atoms with Gasteiger partial charge in [-0.25, -0.2) is 0 Å². The van der Waals surface area contributed by atoms with E-state index in [1.165, 1.54) is 65.7 Å². The van der Waals surface area contributed by atoms with Crippen LogP contribution < -0.4 is 9.80 Å². The number of hydrogen-bond donors (Lipinski definition) is 0. The molecular formula is C84H57N3O2. The minimum Gasteiger partial charge on any atom is -0.454 e. The predicted molar refractivity (Wildman–Crippen MR) is 375 cm³/mol. The Labute approximate surface area is 514 Å². The molecule has 14 aromatic carbocycles. The highest BCUT2D eigenvalue weighted by atomic mass is 16.3. The molecule has 4 aromatic heterocycles. The molecule has 0 unspecified atom stereocenters. The summed E-state index contributed by atoms with van der Waals surface area (Å²) in [6, 6.07) is 106. The standard InChI is InChI=1S/C84H57N3O2/c1-84(2,3)62-36-28-56(29-37-62)61-48-73-71-46-57-34-42-65(85(63-38-30-54(31-39-63)52-16-6-4-7-17-52)75-24-14-22-69-67-20-10-12-26-79(67)88-82(69)75)44-59(57)50-77(71)87-78-51-60-45-66(43-35-58(60)47-72(78)74(49-61)81(73)87)86(64-40-32-55(33-41-64)53-18-8-5-9-19-53)76-25-15-23-70-68-21-11-13-27-80(68)89-83(70)76/h4-51H,1-3H3. The molecule has 0 atom stereocenters. The Kier molecular flexibility index (Phi) is 11.2. The van der Waals surface area contributed by atoms with Gasteiger partial charge in [0, 0.05) is 65.8 Å². The molecule has 5 nitrogen and oxygen atoms in total. The smallest absolute Gasteiger partial charge is 0.159 e. The first-order chi connectivity index (χ1) is 43.7. The minimum absolute atomic E-state index is 0.0420. The fourth-order valence-electron chi connectivity index (χ4n) is 14.2. The van der Waals surface area contributed by atoms with Gasteiger partial charge in [0.25, 0.3) is 0 Å². The fourth-order valence-corrected chi connectivity index (χ4v) is 14.2.